The second-order valence-corrected chi connectivity index (χ2v) is 7.19. The van der Waals surface area contributed by atoms with Gasteiger partial charge in [0.1, 0.15) is 6.54 Å². The van der Waals surface area contributed by atoms with E-state index in [4.69, 9.17) is 0 Å². The average Bonchev–Trinajstić information content (AvgIpc) is 2.72. The summed E-state index contributed by atoms with van der Waals surface area (Å²) in [4.78, 5) is 38.1. The first kappa shape index (κ1) is 18.2. The van der Waals surface area contributed by atoms with Gasteiger partial charge in [-0.15, -0.1) is 0 Å². The summed E-state index contributed by atoms with van der Waals surface area (Å²) in [6.45, 7) is 8.26. The molecule has 0 aromatic heterocycles. The molecule has 130 valence electrons. The van der Waals surface area contributed by atoms with E-state index in [1.807, 2.05) is 31.2 Å². The van der Waals surface area contributed by atoms with Gasteiger partial charge in [-0.25, -0.2) is 0 Å². The van der Waals surface area contributed by atoms with Gasteiger partial charge in [-0.1, -0.05) is 43.7 Å². The predicted molar refractivity (Wildman–Crippen MR) is 92.3 cm³/mol. The predicted octanol–water partition coefficient (Wildman–Crippen LogP) is 2.17. The largest absolute Gasteiger partial charge is 0.355 e. The van der Waals surface area contributed by atoms with E-state index in [9.17, 15) is 14.4 Å². The molecule has 3 amide bonds. The molecule has 0 spiro atoms. The topological polar surface area (TPSA) is 66.5 Å². The van der Waals surface area contributed by atoms with E-state index in [2.05, 4.69) is 19.2 Å². The van der Waals surface area contributed by atoms with Crippen molar-refractivity contribution in [3.63, 3.8) is 0 Å². The van der Waals surface area contributed by atoms with Gasteiger partial charge in [-0.2, -0.15) is 0 Å². The highest BCUT2D eigenvalue weighted by Gasteiger charge is 2.49. The molecule has 0 saturated carbocycles. The number of carbonyl (C=O) groups excluding carboxylic acids is 3. The summed E-state index contributed by atoms with van der Waals surface area (Å²) in [6.07, 6.45) is 0.975. The van der Waals surface area contributed by atoms with Crippen LogP contribution in [0.2, 0.25) is 0 Å². The van der Waals surface area contributed by atoms with Crippen LogP contribution in [0.3, 0.4) is 0 Å². The number of rotatable bonds is 6. The van der Waals surface area contributed by atoms with Crippen LogP contribution in [0.4, 0.5) is 0 Å². The van der Waals surface area contributed by atoms with Gasteiger partial charge in [-0.05, 0) is 31.7 Å². The summed E-state index contributed by atoms with van der Waals surface area (Å²) in [5.41, 5.74) is 1.03. The lowest BCUT2D eigenvalue weighted by molar-refractivity contribution is -0.143. The SMILES string of the molecule is Cc1ccc(C2(C)CC(=O)N(CC(=O)NCCC(C)C)C2=O)cc1. The third kappa shape index (κ3) is 3.83. The molecule has 1 heterocycles. The Kier molecular flexibility index (Phi) is 5.42. The van der Waals surface area contributed by atoms with E-state index in [0.29, 0.717) is 12.5 Å². The van der Waals surface area contributed by atoms with Crippen LogP contribution in [0.5, 0.6) is 0 Å². The van der Waals surface area contributed by atoms with Crippen molar-refractivity contribution < 1.29 is 14.4 Å². The Bertz CT molecular complexity index is 637. The fourth-order valence-corrected chi connectivity index (χ4v) is 2.89. The van der Waals surface area contributed by atoms with Gasteiger partial charge >= 0.3 is 0 Å². The summed E-state index contributed by atoms with van der Waals surface area (Å²) in [7, 11) is 0. The number of benzene rings is 1. The van der Waals surface area contributed by atoms with E-state index in [0.717, 1.165) is 22.4 Å². The number of hydrogen-bond acceptors (Lipinski definition) is 3. The molecule has 1 N–H and O–H groups in total. The number of carbonyl (C=O) groups is 3. The van der Waals surface area contributed by atoms with Crippen molar-refractivity contribution >= 4 is 17.7 Å². The van der Waals surface area contributed by atoms with Crippen LogP contribution < -0.4 is 5.32 Å². The fourth-order valence-electron chi connectivity index (χ4n) is 2.89. The van der Waals surface area contributed by atoms with Crippen LogP contribution in [-0.4, -0.2) is 35.7 Å². The summed E-state index contributed by atoms with van der Waals surface area (Å²) in [5.74, 6) is -0.381. The van der Waals surface area contributed by atoms with Gasteiger partial charge in [0.15, 0.2) is 0 Å². The molecule has 5 heteroatoms. The van der Waals surface area contributed by atoms with Crippen molar-refractivity contribution in [3.8, 4) is 0 Å². The maximum atomic E-state index is 12.8. The van der Waals surface area contributed by atoms with Gasteiger partial charge in [0.25, 0.3) is 0 Å². The molecule has 0 bridgehead atoms. The van der Waals surface area contributed by atoms with Crippen LogP contribution in [0.25, 0.3) is 0 Å². The molecule has 1 fully saturated rings. The molecule has 2 rings (SSSR count). The Morgan fingerprint density at radius 3 is 2.46 bits per heavy atom. The summed E-state index contributed by atoms with van der Waals surface area (Å²) < 4.78 is 0. The van der Waals surface area contributed by atoms with Crippen molar-refractivity contribution in [1.29, 1.82) is 0 Å². The third-order valence-corrected chi connectivity index (χ3v) is 4.56. The van der Waals surface area contributed by atoms with E-state index >= 15 is 0 Å². The molecule has 0 radical (unpaired) electrons. The van der Waals surface area contributed by atoms with Gasteiger partial charge in [-0.3, -0.25) is 19.3 Å². The van der Waals surface area contributed by atoms with Crippen molar-refractivity contribution in [1.82, 2.24) is 10.2 Å². The zero-order chi connectivity index (χ0) is 17.9. The van der Waals surface area contributed by atoms with Crippen LogP contribution in [-0.2, 0) is 19.8 Å². The first-order chi connectivity index (χ1) is 11.2. The number of amides is 3. The van der Waals surface area contributed by atoms with Gasteiger partial charge in [0.05, 0.1) is 5.41 Å². The Balaban J connectivity index is 2.05. The van der Waals surface area contributed by atoms with Crippen LogP contribution >= 0.6 is 0 Å². The fraction of sp³-hybridized carbons (Fsp3) is 0.526. The van der Waals surface area contributed by atoms with E-state index in [-0.39, 0.29) is 30.7 Å². The first-order valence-electron chi connectivity index (χ1n) is 8.42. The van der Waals surface area contributed by atoms with Crippen molar-refractivity contribution in [2.45, 2.75) is 46.0 Å². The second kappa shape index (κ2) is 7.16. The van der Waals surface area contributed by atoms with E-state index < -0.39 is 5.41 Å². The molecular weight excluding hydrogens is 304 g/mol. The standard InChI is InChI=1S/C19H26N2O3/c1-13(2)9-10-20-16(22)12-21-17(23)11-19(4,18(21)24)15-7-5-14(3)6-8-15/h5-8,13H,9-12H2,1-4H3,(H,20,22). The number of likely N-dealkylation sites (tertiary alicyclic amines) is 1. The van der Waals surface area contributed by atoms with E-state index in [1.165, 1.54) is 0 Å². The molecule has 1 unspecified atom stereocenters. The Morgan fingerprint density at radius 1 is 1.25 bits per heavy atom. The summed E-state index contributed by atoms with van der Waals surface area (Å²) in [5, 5.41) is 2.77. The van der Waals surface area contributed by atoms with Crippen molar-refractivity contribution in [2.24, 2.45) is 5.92 Å². The smallest absolute Gasteiger partial charge is 0.240 e. The van der Waals surface area contributed by atoms with Crippen molar-refractivity contribution in [3.05, 3.63) is 35.4 Å². The molecule has 1 aromatic carbocycles. The minimum Gasteiger partial charge on any atom is -0.355 e. The number of nitrogens with one attached hydrogen (secondary N) is 1. The average molecular weight is 330 g/mol. The Hall–Kier alpha value is -2.17. The third-order valence-electron chi connectivity index (χ3n) is 4.56. The molecule has 1 atom stereocenters. The zero-order valence-corrected chi connectivity index (χ0v) is 14.9. The first-order valence-corrected chi connectivity index (χ1v) is 8.42. The normalized spacial score (nSPS) is 20.8. The lowest BCUT2D eigenvalue weighted by Crippen LogP contribution is -2.43. The quantitative estimate of drug-likeness (QED) is 0.813. The second-order valence-electron chi connectivity index (χ2n) is 7.19. The van der Waals surface area contributed by atoms with Gasteiger partial charge in [0.2, 0.25) is 17.7 Å². The minimum atomic E-state index is -0.886. The zero-order valence-electron chi connectivity index (χ0n) is 14.9. The molecule has 1 aliphatic rings. The molecule has 5 nitrogen and oxygen atoms in total. The molecule has 24 heavy (non-hydrogen) atoms. The van der Waals surface area contributed by atoms with Gasteiger partial charge < -0.3 is 5.32 Å². The number of aryl methyl sites for hydroxylation is 1. The molecule has 0 aliphatic carbocycles. The highest BCUT2D eigenvalue weighted by Crippen LogP contribution is 2.36. The summed E-state index contributed by atoms with van der Waals surface area (Å²) >= 11 is 0. The number of hydrogen-bond donors (Lipinski definition) is 1. The van der Waals surface area contributed by atoms with Crippen LogP contribution in [0.1, 0.15) is 44.7 Å². The molecular formula is C19H26N2O3. The monoisotopic (exact) mass is 330 g/mol. The van der Waals surface area contributed by atoms with Crippen LogP contribution in [0.15, 0.2) is 24.3 Å². The van der Waals surface area contributed by atoms with Crippen molar-refractivity contribution in [2.75, 3.05) is 13.1 Å². The maximum Gasteiger partial charge on any atom is 0.240 e. The molecule has 1 saturated heterocycles. The number of nitrogens with zero attached hydrogens (tertiary/aromatic N) is 1. The highest BCUT2D eigenvalue weighted by atomic mass is 16.2. The highest BCUT2D eigenvalue weighted by molar-refractivity contribution is 6.10. The van der Waals surface area contributed by atoms with E-state index in [1.54, 1.807) is 6.92 Å². The molecule has 1 aliphatic heterocycles. The maximum absolute atomic E-state index is 12.8. The Labute approximate surface area is 143 Å². The Morgan fingerprint density at radius 2 is 1.88 bits per heavy atom. The summed E-state index contributed by atoms with van der Waals surface area (Å²) in [6, 6.07) is 7.62. The lowest BCUT2D eigenvalue weighted by atomic mass is 9.81. The molecule has 1 aromatic rings. The van der Waals surface area contributed by atoms with Crippen LogP contribution in [0, 0.1) is 12.8 Å². The lowest BCUT2D eigenvalue weighted by Gasteiger charge is -2.22. The minimum absolute atomic E-state index is 0.105. The number of imide groups is 1. The van der Waals surface area contributed by atoms with Gasteiger partial charge in [0, 0.05) is 13.0 Å².